The van der Waals surface area contributed by atoms with Crippen LogP contribution in [0.2, 0.25) is 10.0 Å². The van der Waals surface area contributed by atoms with Crippen molar-refractivity contribution >= 4 is 50.6 Å². The molecule has 0 fully saturated rings. The van der Waals surface area contributed by atoms with Gasteiger partial charge in [-0.1, -0.05) is 23.2 Å². The van der Waals surface area contributed by atoms with Crippen LogP contribution in [-0.2, 0) is 0 Å². The Hall–Kier alpha value is -1.91. The molecule has 0 aliphatic carbocycles. The summed E-state index contributed by atoms with van der Waals surface area (Å²) in [6, 6.07) is 7.04. The minimum Gasteiger partial charge on any atom is -0.372 e. The van der Waals surface area contributed by atoms with Gasteiger partial charge in [-0.15, -0.1) is 11.3 Å². The van der Waals surface area contributed by atoms with Gasteiger partial charge in [0.25, 0.3) is 0 Å². The Bertz CT molecular complexity index is 878. The van der Waals surface area contributed by atoms with Crippen LogP contribution in [0.3, 0.4) is 0 Å². The van der Waals surface area contributed by atoms with Crippen LogP contribution in [0.15, 0.2) is 24.4 Å². The van der Waals surface area contributed by atoms with Crippen LogP contribution < -0.4 is 10.6 Å². The van der Waals surface area contributed by atoms with Crippen molar-refractivity contribution in [3.05, 3.63) is 40.0 Å². The zero-order valence-electron chi connectivity index (χ0n) is 13.3. The second kappa shape index (κ2) is 8.27. The molecule has 8 heteroatoms. The van der Waals surface area contributed by atoms with Gasteiger partial charge in [0.15, 0.2) is 0 Å². The first-order chi connectivity index (χ1) is 11.5. The first-order valence-corrected chi connectivity index (χ1v) is 8.54. The normalized spacial score (nSPS) is 10.0. The highest BCUT2D eigenvalue weighted by molar-refractivity contribution is 7.22. The predicted molar refractivity (Wildman–Crippen MR) is 102 cm³/mol. The molecule has 5 nitrogen and oxygen atoms in total. The van der Waals surface area contributed by atoms with Crippen LogP contribution in [0.25, 0.3) is 20.8 Å². The monoisotopic (exact) mass is 379 g/mol. The molecule has 1 aromatic carbocycles. The molecule has 24 heavy (non-hydrogen) atoms. The fraction of sp³-hybridized carbons (Fsp3) is 0.188. The van der Waals surface area contributed by atoms with E-state index < -0.39 is 0 Å². The third kappa shape index (κ3) is 3.77. The highest BCUT2D eigenvalue weighted by Crippen LogP contribution is 2.40. The van der Waals surface area contributed by atoms with Crippen molar-refractivity contribution in [2.24, 2.45) is 0 Å². The van der Waals surface area contributed by atoms with Gasteiger partial charge in [-0.05, 0) is 32.3 Å². The molecule has 124 valence electrons. The molecule has 2 heterocycles. The van der Waals surface area contributed by atoms with Crippen LogP contribution in [0, 0.1) is 11.3 Å². The van der Waals surface area contributed by atoms with E-state index >= 15 is 0 Å². The van der Waals surface area contributed by atoms with Crippen molar-refractivity contribution in [3.63, 3.8) is 0 Å². The summed E-state index contributed by atoms with van der Waals surface area (Å²) in [5.41, 5.74) is 1.89. The number of benzene rings is 1. The SMILES string of the molecule is CNC.CNc1nccc2nc(-c3c(Cl)cc(C#N)cc3Cl)sc12. The van der Waals surface area contributed by atoms with E-state index in [1.165, 1.54) is 11.3 Å². The Morgan fingerprint density at radius 1 is 1.17 bits per heavy atom. The molecule has 0 saturated heterocycles. The number of aromatic nitrogens is 2. The van der Waals surface area contributed by atoms with E-state index in [9.17, 15) is 0 Å². The molecule has 0 aliphatic rings. The summed E-state index contributed by atoms with van der Waals surface area (Å²) < 4.78 is 0.937. The molecule has 3 rings (SSSR count). The topological polar surface area (TPSA) is 73.6 Å². The molecule has 0 spiro atoms. The molecular formula is C16H15Cl2N5S. The summed E-state index contributed by atoms with van der Waals surface area (Å²) in [5.74, 6) is 0.761. The largest absolute Gasteiger partial charge is 0.372 e. The van der Waals surface area contributed by atoms with E-state index in [1.807, 2.05) is 33.3 Å². The van der Waals surface area contributed by atoms with Gasteiger partial charge in [0.05, 0.1) is 31.9 Å². The van der Waals surface area contributed by atoms with Gasteiger partial charge in [0.2, 0.25) is 0 Å². The maximum Gasteiger partial charge on any atom is 0.145 e. The van der Waals surface area contributed by atoms with Gasteiger partial charge >= 0.3 is 0 Å². The standard InChI is InChI=1S/C14H8Cl2N4S.C2H7N/c1-18-13-12-10(2-3-19-13)20-14(21-12)11-8(15)4-7(6-17)5-9(11)16;1-3-2/h2-5H,1H3,(H,18,19);3H,1-2H3. The van der Waals surface area contributed by atoms with Crippen molar-refractivity contribution in [1.29, 1.82) is 5.26 Å². The minimum absolute atomic E-state index is 0.414. The number of rotatable bonds is 2. The van der Waals surface area contributed by atoms with E-state index in [0.29, 0.717) is 26.2 Å². The average Bonchev–Trinajstić information content (AvgIpc) is 2.98. The van der Waals surface area contributed by atoms with Crippen molar-refractivity contribution in [2.75, 3.05) is 26.5 Å². The fourth-order valence-electron chi connectivity index (χ4n) is 1.98. The van der Waals surface area contributed by atoms with E-state index in [2.05, 4.69) is 20.6 Å². The molecule has 0 radical (unpaired) electrons. The zero-order chi connectivity index (χ0) is 17.7. The number of thiazole rings is 1. The van der Waals surface area contributed by atoms with Crippen LogP contribution >= 0.6 is 34.5 Å². The second-order valence-corrected chi connectivity index (χ2v) is 6.52. The van der Waals surface area contributed by atoms with Crippen molar-refractivity contribution < 1.29 is 0 Å². The Kier molecular flexibility index (Phi) is 6.35. The number of hydrogen-bond donors (Lipinski definition) is 2. The third-order valence-electron chi connectivity index (χ3n) is 2.93. The Morgan fingerprint density at radius 2 is 1.79 bits per heavy atom. The van der Waals surface area contributed by atoms with Gasteiger partial charge in [0, 0.05) is 18.8 Å². The van der Waals surface area contributed by atoms with Crippen LogP contribution in [0.1, 0.15) is 5.56 Å². The molecule has 0 aliphatic heterocycles. The maximum atomic E-state index is 8.93. The lowest BCUT2D eigenvalue weighted by molar-refractivity contribution is 1.02. The first kappa shape index (κ1) is 18.4. The lowest BCUT2D eigenvalue weighted by atomic mass is 10.1. The maximum absolute atomic E-state index is 8.93. The summed E-state index contributed by atoms with van der Waals surface area (Å²) in [6.07, 6.45) is 1.69. The van der Waals surface area contributed by atoms with Crippen LogP contribution in [0.5, 0.6) is 0 Å². The summed E-state index contributed by atoms with van der Waals surface area (Å²) in [6.45, 7) is 0. The molecular weight excluding hydrogens is 365 g/mol. The molecule has 0 bridgehead atoms. The molecule has 0 unspecified atom stereocenters. The molecule has 2 N–H and O–H groups in total. The molecule has 2 aromatic heterocycles. The number of nitriles is 1. The lowest BCUT2D eigenvalue weighted by Gasteiger charge is -2.03. The van der Waals surface area contributed by atoms with E-state index in [1.54, 1.807) is 18.3 Å². The number of fused-ring (bicyclic) bond motifs is 1. The summed E-state index contributed by atoms with van der Waals surface area (Å²) in [5, 5.41) is 16.2. The number of hydrogen-bond acceptors (Lipinski definition) is 6. The number of halogens is 2. The highest BCUT2D eigenvalue weighted by atomic mass is 35.5. The molecule has 0 atom stereocenters. The zero-order valence-corrected chi connectivity index (χ0v) is 15.6. The third-order valence-corrected chi connectivity index (χ3v) is 4.62. The van der Waals surface area contributed by atoms with E-state index in [-0.39, 0.29) is 0 Å². The van der Waals surface area contributed by atoms with Crippen molar-refractivity contribution in [2.45, 2.75) is 0 Å². The van der Waals surface area contributed by atoms with E-state index in [0.717, 1.165) is 16.0 Å². The molecule has 3 aromatic rings. The number of nitrogens with zero attached hydrogens (tertiary/aromatic N) is 3. The van der Waals surface area contributed by atoms with Gasteiger partial charge in [-0.3, -0.25) is 0 Å². The van der Waals surface area contributed by atoms with Gasteiger partial charge in [-0.25, -0.2) is 9.97 Å². The van der Waals surface area contributed by atoms with Crippen molar-refractivity contribution in [1.82, 2.24) is 15.3 Å². The first-order valence-electron chi connectivity index (χ1n) is 6.97. The second-order valence-electron chi connectivity index (χ2n) is 4.70. The average molecular weight is 380 g/mol. The van der Waals surface area contributed by atoms with Crippen LogP contribution in [-0.4, -0.2) is 31.1 Å². The summed E-state index contributed by atoms with van der Waals surface area (Å²) >= 11 is 14.0. The number of nitrogens with one attached hydrogen (secondary N) is 2. The lowest BCUT2D eigenvalue weighted by Crippen LogP contribution is -1.90. The minimum atomic E-state index is 0.414. The highest BCUT2D eigenvalue weighted by Gasteiger charge is 2.16. The van der Waals surface area contributed by atoms with Crippen molar-refractivity contribution in [3.8, 4) is 16.6 Å². The van der Waals surface area contributed by atoms with Gasteiger partial charge < -0.3 is 10.6 Å². The quantitative estimate of drug-likeness (QED) is 0.689. The van der Waals surface area contributed by atoms with Gasteiger partial charge in [-0.2, -0.15) is 5.26 Å². The Balaban J connectivity index is 0.000000647. The van der Waals surface area contributed by atoms with E-state index in [4.69, 9.17) is 28.5 Å². The fourth-order valence-corrected chi connectivity index (χ4v) is 3.89. The predicted octanol–water partition coefficient (Wildman–Crippen LogP) is 4.41. The summed E-state index contributed by atoms with van der Waals surface area (Å²) in [7, 11) is 5.56. The Labute approximate surface area is 154 Å². The van der Waals surface area contributed by atoms with Gasteiger partial charge in [0.1, 0.15) is 10.8 Å². The number of anilines is 1. The molecule has 0 amide bonds. The molecule has 0 saturated carbocycles. The summed E-state index contributed by atoms with van der Waals surface area (Å²) in [4.78, 5) is 8.81. The number of pyridine rings is 1. The van der Waals surface area contributed by atoms with Crippen LogP contribution in [0.4, 0.5) is 5.82 Å². The Morgan fingerprint density at radius 3 is 2.33 bits per heavy atom. The smallest absolute Gasteiger partial charge is 0.145 e.